The van der Waals surface area contributed by atoms with Gasteiger partial charge in [-0.05, 0) is 5.16 Å². The summed E-state index contributed by atoms with van der Waals surface area (Å²) in [6.07, 6.45) is 3.30. The summed E-state index contributed by atoms with van der Waals surface area (Å²) in [6, 6.07) is 0.287. The third-order valence-corrected chi connectivity index (χ3v) is 2.67. The van der Waals surface area contributed by atoms with Gasteiger partial charge in [0.2, 0.25) is 0 Å². The molecular formula is C9H12N6O. The van der Waals surface area contributed by atoms with E-state index in [1.165, 1.54) is 0 Å². The number of nitrogens with one attached hydrogen (secondary N) is 1. The van der Waals surface area contributed by atoms with Crippen molar-refractivity contribution in [3.8, 4) is 11.4 Å². The molecule has 0 bridgehead atoms. The highest BCUT2D eigenvalue weighted by Gasteiger charge is 2.25. The van der Waals surface area contributed by atoms with Crippen LogP contribution in [0, 0.1) is 0 Å². The van der Waals surface area contributed by atoms with Gasteiger partial charge in [-0.1, -0.05) is 5.16 Å². The van der Waals surface area contributed by atoms with Crippen LogP contribution in [0.2, 0.25) is 0 Å². The smallest absolute Gasteiger partial charge is 0.157 e. The molecule has 0 atom stereocenters. The largest absolute Gasteiger partial charge is 0.343 e. The molecule has 1 fully saturated rings. The normalized spacial score (nSPS) is 17.6. The monoisotopic (exact) mass is 220 g/mol. The van der Waals surface area contributed by atoms with E-state index in [-0.39, 0.29) is 6.04 Å². The Balaban J connectivity index is 1.78. The Hall–Kier alpha value is -1.73. The first kappa shape index (κ1) is 9.49. The maximum absolute atomic E-state index is 5.71. The Morgan fingerprint density at radius 1 is 1.50 bits per heavy atom. The van der Waals surface area contributed by atoms with E-state index in [9.17, 15) is 0 Å². The van der Waals surface area contributed by atoms with E-state index in [2.05, 4.69) is 25.2 Å². The highest BCUT2D eigenvalue weighted by Crippen LogP contribution is 2.20. The predicted octanol–water partition coefficient (Wildman–Crippen LogP) is -0.397. The van der Waals surface area contributed by atoms with Crippen LogP contribution >= 0.6 is 0 Å². The van der Waals surface area contributed by atoms with Gasteiger partial charge in [0.25, 0.3) is 0 Å². The molecule has 3 N–H and O–H groups in total. The standard InChI is InChI=1S/C9H12N6O/c10-6-2-15(3-6)4-8-9(14-16-13-8)7-1-11-5-12-7/h1,5-6H,2-4,10H2,(H,11,12). The van der Waals surface area contributed by atoms with E-state index in [0.29, 0.717) is 6.54 Å². The molecule has 3 heterocycles. The van der Waals surface area contributed by atoms with Crippen molar-refractivity contribution in [2.24, 2.45) is 5.73 Å². The molecule has 0 radical (unpaired) electrons. The number of H-pyrrole nitrogens is 1. The van der Waals surface area contributed by atoms with Crippen molar-refractivity contribution in [2.45, 2.75) is 12.6 Å². The lowest BCUT2D eigenvalue weighted by molar-refractivity contribution is 0.138. The van der Waals surface area contributed by atoms with Gasteiger partial charge >= 0.3 is 0 Å². The molecule has 2 aromatic heterocycles. The molecule has 0 spiro atoms. The predicted molar refractivity (Wildman–Crippen MR) is 55.1 cm³/mol. The number of nitrogens with zero attached hydrogens (tertiary/aromatic N) is 4. The first-order valence-corrected chi connectivity index (χ1v) is 5.11. The van der Waals surface area contributed by atoms with Crippen LogP contribution < -0.4 is 5.73 Å². The molecule has 0 aromatic carbocycles. The molecule has 1 aliphatic heterocycles. The van der Waals surface area contributed by atoms with Gasteiger partial charge in [0.15, 0.2) is 5.69 Å². The van der Waals surface area contributed by atoms with E-state index in [4.69, 9.17) is 10.4 Å². The molecule has 3 rings (SSSR count). The quantitative estimate of drug-likeness (QED) is 0.730. The fourth-order valence-corrected chi connectivity index (χ4v) is 1.85. The van der Waals surface area contributed by atoms with E-state index >= 15 is 0 Å². The maximum Gasteiger partial charge on any atom is 0.157 e. The first-order chi connectivity index (χ1) is 7.83. The molecule has 1 saturated heterocycles. The second kappa shape index (κ2) is 3.69. The van der Waals surface area contributed by atoms with Crippen LogP contribution in [0.1, 0.15) is 5.69 Å². The summed E-state index contributed by atoms with van der Waals surface area (Å²) < 4.78 is 4.76. The fraction of sp³-hybridized carbons (Fsp3) is 0.444. The Morgan fingerprint density at radius 3 is 3.06 bits per heavy atom. The zero-order valence-electron chi connectivity index (χ0n) is 8.63. The Labute approximate surface area is 91.6 Å². The number of hydrogen-bond donors (Lipinski definition) is 2. The Kier molecular flexibility index (Phi) is 2.19. The third kappa shape index (κ3) is 1.59. The second-order valence-electron chi connectivity index (χ2n) is 3.98. The lowest BCUT2D eigenvalue weighted by atomic mass is 10.1. The van der Waals surface area contributed by atoms with Gasteiger partial charge in [-0.25, -0.2) is 9.61 Å². The summed E-state index contributed by atoms with van der Waals surface area (Å²) in [6.45, 7) is 2.51. The van der Waals surface area contributed by atoms with Crippen molar-refractivity contribution in [3.63, 3.8) is 0 Å². The topological polar surface area (TPSA) is 96.9 Å². The second-order valence-corrected chi connectivity index (χ2v) is 3.98. The van der Waals surface area contributed by atoms with Crippen LogP contribution in [-0.2, 0) is 6.54 Å². The van der Waals surface area contributed by atoms with Gasteiger partial charge in [0.05, 0.1) is 18.2 Å². The fourth-order valence-electron chi connectivity index (χ4n) is 1.85. The van der Waals surface area contributed by atoms with Crippen LogP contribution in [0.15, 0.2) is 17.2 Å². The Bertz CT molecular complexity index is 458. The highest BCUT2D eigenvalue weighted by atomic mass is 16.6. The van der Waals surface area contributed by atoms with Gasteiger partial charge in [-0.2, -0.15) is 0 Å². The van der Waals surface area contributed by atoms with Crippen molar-refractivity contribution in [2.75, 3.05) is 13.1 Å². The molecule has 7 heteroatoms. The van der Waals surface area contributed by atoms with E-state index in [1.54, 1.807) is 12.5 Å². The minimum absolute atomic E-state index is 0.287. The number of rotatable bonds is 3. The van der Waals surface area contributed by atoms with Crippen molar-refractivity contribution < 1.29 is 4.63 Å². The zero-order valence-corrected chi connectivity index (χ0v) is 8.63. The summed E-state index contributed by atoms with van der Waals surface area (Å²) in [5, 5.41) is 7.78. The van der Waals surface area contributed by atoms with Crippen LogP contribution in [0.4, 0.5) is 0 Å². The summed E-state index contributed by atoms with van der Waals surface area (Å²) in [5.41, 5.74) is 8.07. The van der Waals surface area contributed by atoms with Crippen molar-refractivity contribution in [3.05, 3.63) is 18.2 Å². The van der Waals surface area contributed by atoms with Crippen LogP contribution in [0.3, 0.4) is 0 Å². The average Bonchev–Trinajstić information content (AvgIpc) is 2.83. The number of nitrogens with two attached hydrogens (primary N) is 1. The maximum atomic E-state index is 5.71. The minimum Gasteiger partial charge on any atom is -0.343 e. The highest BCUT2D eigenvalue weighted by molar-refractivity contribution is 5.54. The van der Waals surface area contributed by atoms with E-state index in [1.807, 2.05) is 0 Å². The van der Waals surface area contributed by atoms with Gasteiger partial charge in [0.1, 0.15) is 5.69 Å². The minimum atomic E-state index is 0.287. The number of likely N-dealkylation sites (tertiary alicyclic amines) is 1. The summed E-state index contributed by atoms with van der Waals surface area (Å²) in [5.74, 6) is 0. The van der Waals surface area contributed by atoms with Crippen LogP contribution in [0.5, 0.6) is 0 Å². The van der Waals surface area contributed by atoms with Gasteiger partial charge in [-0.15, -0.1) is 0 Å². The van der Waals surface area contributed by atoms with Gasteiger partial charge < -0.3 is 10.7 Å². The molecule has 0 amide bonds. The van der Waals surface area contributed by atoms with E-state index < -0.39 is 0 Å². The SMILES string of the molecule is NC1CN(Cc2nonc2-c2cnc[nH]2)C1. The van der Waals surface area contributed by atoms with Crippen LogP contribution in [0.25, 0.3) is 11.4 Å². The lowest BCUT2D eigenvalue weighted by Gasteiger charge is -2.36. The summed E-state index contributed by atoms with van der Waals surface area (Å²) in [4.78, 5) is 9.13. The van der Waals surface area contributed by atoms with Gasteiger partial charge in [0, 0.05) is 25.7 Å². The molecule has 84 valence electrons. The molecule has 2 aromatic rings. The number of hydrogen-bond acceptors (Lipinski definition) is 6. The van der Waals surface area contributed by atoms with Crippen molar-refractivity contribution in [1.82, 2.24) is 25.2 Å². The zero-order chi connectivity index (χ0) is 11.0. The Morgan fingerprint density at radius 2 is 2.38 bits per heavy atom. The first-order valence-electron chi connectivity index (χ1n) is 5.11. The van der Waals surface area contributed by atoms with Crippen LogP contribution in [-0.4, -0.2) is 44.3 Å². The average molecular weight is 220 g/mol. The molecule has 0 unspecified atom stereocenters. The molecule has 0 aliphatic carbocycles. The number of imidazole rings is 1. The number of aromatic nitrogens is 4. The molecule has 0 saturated carbocycles. The lowest BCUT2D eigenvalue weighted by Crippen LogP contribution is -2.54. The summed E-state index contributed by atoms with van der Waals surface area (Å²) in [7, 11) is 0. The molecule has 7 nitrogen and oxygen atoms in total. The molecular weight excluding hydrogens is 208 g/mol. The van der Waals surface area contributed by atoms with Gasteiger partial charge in [-0.3, -0.25) is 4.90 Å². The molecule has 16 heavy (non-hydrogen) atoms. The van der Waals surface area contributed by atoms with E-state index in [0.717, 1.165) is 30.2 Å². The van der Waals surface area contributed by atoms with Crippen molar-refractivity contribution in [1.29, 1.82) is 0 Å². The molecule has 1 aliphatic rings. The summed E-state index contributed by atoms with van der Waals surface area (Å²) >= 11 is 0. The van der Waals surface area contributed by atoms with Crippen molar-refractivity contribution >= 4 is 0 Å². The third-order valence-electron chi connectivity index (χ3n) is 2.67. The number of aromatic amines is 1.